The van der Waals surface area contributed by atoms with E-state index >= 15 is 0 Å². The summed E-state index contributed by atoms with van der Waals surface area (Å²) in [6, 6.07) is 0. The molecule has 1 heterocycles. The summed E-state index contributed by atoms with van der Waals surface area (Å²) in [4.78, 5) is 24.9. The number of rotatable bonds is 5. The van der Waals surface area contributed by atoms with Gasteiger partial charge in [-0.2, -0.15) is 0 Å². The fraction of sp³-hybridized carbons (Fsp3) is 0.300. The number of thiazole rings is 1. The molecule has 1 aromatic heterocycles. The Balaban J connectivity index is 2.38. The molecule has 0 aliphatic rings. The minimum absolute atomic E-state index is 0.0160. The standard InChI is InChI=1S/C10H11NO3S2/c1-7(12)15-5-3-2-4-8-6-16-9(11-8)10(13)14/h2,4,6H,3,5H2,1H3,(H,13,14)/p-1. The van der Waals surface area contributed by atoms with Gasteiger partial charge in [0.05, 0.1) is 5.69 Å². The Labute approximate surface area is 101 Å². The number of hydrogen-bond donors (Lipinski definition) is 0. The minimum Gasteiger partial charge on any atom is -0.542 e. The lowest BCUT2D eigenvalue weighted by molar-refractivity contribution is -0.255. The van der Waals surface area contributed by atoms with Gasteiger partial charge in [-0.25, -0.2) is 4.98 Å². The van der Waals surface area contributed by atoms with Crippen LogP contribution in [-0.2, 0) is 4.79 Å². The summed E-state index contributed by atoms with van der Waals surface area (Å²) in [5.74, 6) is -0.527. The minimum atomic E-state index is -1.25. The fourth-order valence-corrected chi connectivity index (χ4v) is 2.09. The molecule has 1 rings (SSSR count). The van der Waals surface area contributed by atoms with E-state index in [1.165, 1.54) is 18.7 Å². The summed E-state index contributed by atoms with van der Waals surface area (Å²) in [7, 11) is 0. The predicted molar refractivity (Wildman–Crippen MR) is 63.2 cm³/mol. The van der Waals surface area contributed by atoms with Gasteiger partial charge in [0.1, 0.15) is 11.0 Å². The molecule has 0 saturated carbocycles. The number of carbonyl (C=O) groups excluding carboxylic acids is 2. The Kier molecular flexibility index (Phi) is 5.21. The first-order chi connectivity index (χ1) is 7.59. The third-order valence-electron chi connectivity index (χ3n) is 1.58. The van der Waals surface area contributed by atoms with E-state index in [2.05, 4.69) is 4.98 Å². The normalized spacial score (nSPS) is 10.8. The van der Waals surface area contributed by atoms with E-state index in [4.69, 9.17) is 0 Å². The zero-order valence-corrected chi connectivity index (χ0v) is 10.3. The molecule has 1 aromatic rings. The molecule has 0 fully saturated rings. The quantitative estimate of drug-likeness (QED) is 0.740. The summed E-state index contributed by atoms with van der Waals surface area (Å²) < 4.78 is 0. The monoisotopic (exact) mass is 256 g/mol. The lowest BCUT2D eigenvalue weighted by atomic mass is 10.3. The summed E-state index contributed by atoms with van der Waals surface area (Å²) in [5, 5.41) is 12.2. The van der Waals surface area contributed by atoms with Crippen molar-refractivity contribution in [2.24, 2.45) is 0 Å². The van der Waals surface area contributed by atoms with E-state index in [9.17, 15) is 14.7 Å². The van der Waals surface area contributed by atoms with Crippen LogP contribution < -0.4 is 5.11 Å². The number of allylic oxidation sites excluding steroid dienone is 1. The first kappa shape index (κ1) is 12.9. The molecule has 0 bridgehead atoms. The van der Waals surface area contributed by atoms with Gasteiger partial charge >= 0.3 is 0 Å². The van der Waals surface area contributed by atoms with Crippen molar-refractivity contribution in [3.63, 3.8) is 0 Å². The zero-order chi connectivity index (χ0) is 12.0. The van der Waals surface area contributed by atoms with Crippen LogP contribution in [0.3, 0.4) is 0 Å². The molecule has 0 aromatic carbocycles. The zero-order valence-electron chi connectivity index (χ0n) is 8.63. The van der Waals surface area contributed by atoms with Gasteiger partial charge in [-0.15, -0.1) is 11.3 Å². The van der Waals surface area contributed by atoms with Crippen molar-refractivity contribution in [1.29, 1.82) is 0 Å². The van der Waals surface area contributed by atoms with Gasteiger partial charge in [0.25, 0.3) is 0 Å². The Morgan fingerprint density at radius 2 is 2.38 bits per heavy atom. The number of aromatic nitrogens is 1. The lowest BCUT2D eigenvalue weighted by Gasteiger charge is -1.92. The van der Waals surface area contributed by atoms with E-state index in [0.717, 1.165) is 23.5 Å². The molecule has 4 nitrogen and oxygen atoms in total. The van der Waals surface area contributed by atoms with Crippen molar-refractivity contribution in [1.82, 2.24) is 4.98 Å². The molecule has 0 saturated heterocycles. The Bertz CT molecular complexity index is 412. The highest BCUT2D eigenvalue weighted by atomic mass is 32.2. The number of aromatic carboxylic acids is 1. The largest absolute Gasteiger partial charge is 0.542 e. The van der Waals surface area contributed by atoms with Crippen LogP contribution in [0.5, 0.6) is 0 Å². The second-order valence-electron chi connectivity index (χ2n) is 2.90. The first-order valence-electron chi connectivity index (χ1n) is 4.56. The van der Waals surface area contributed by atoms with E-state index in [0.29, 0.717) is 5.69 Å². The molecular weight excluding hydrogens is 246 g/mol. The molecule has 16 heavy (non-hydrogen) atoms. The van der Waals surface area contributed by atoms with Crippen molar-refractivity contribution in [2.45, 2.75) is 13.3 Å². The maximum atomic E-state index is 10.6. The fourth-order valence-electron chi connectivity index (χ4n) is 0.931. The predicted octanol–water partition coefficient (Wildman–Crippen LogP) is 1.19. The van der Waals surface area contributed by atoms with Crippen LogP contribution in [0.15, 0.2) is 11.5 Å². The summed E-state index contributed by atoms with van der Waals surface area (Å²) >= 11 is 2.31. The molecule has 0 radical (unpaired) electrons. The highest BCUT2D eigenvalue weighted by Gasteiger charge is 1.99. The van der Waals surface area contributed by atoms with E-state index in [1.54, 1.807) is 11.5 Å². The van der Waals surface area contributed by atoms with Gasteiger partial charge in [-0.1, -0.05) is 17.8 Å². The number of thioether (sulfide) groups is 1. The highest BCUT2D eigenvalue weighted by molar-refractivity contribution is 8.13. The van der Waals surface area contributed by atoms with E-state index in [-0.39, 0.29) is 10.1 Å². The van der Waals surface area contributed by atoms with Crippen LogP contribution in [0.4, 0.5) is 0 Å². The Hall–Kier alpha value is -1.14. The average molecular weight is 256 g/mol. The van der Waals surface area contributed by atoms with Gasteiger partial charge in [0.2, 0.25) is 0 Å². The van der Waals surface area contributed by atoms with Crippen LogP contribution in [0.1, 0.15) is 28.8 Å². The number of carboxylic acid groups (broad SMARTS) is 1. The van der Waals surface area contributed by atoms with Gasteiger partial charge < -0.3 is 9.90 Å². The van der Waals surface area contributed by atoms with Crippen LogP contribution >= 0.6 is 23.1 Å². The summed E-state index contributed by atoms with van der Waals surface area (Å²) in [5.41, 5.74) is 0.608. The SMILES string of the molecule is CC(=O)SCCC=Cc1csc(C(=O)[O-])n1. The maximum absolute atomic E-state index is 10.6. The average Bonchev–Trinajstić information content (AvgIpc) is 2.65. The first-order valence-corrected chi connectivity index (χ1v) is 6.43. The van der Waals surface area contributed by atoms with Crippen LogP contribution in [-0.4, -0.2) is 21.8 Å². The Morgan fingerprint density at radius 3 is 2.94 bits per heavy atom. The molecule has 0 unspecified atom stereocenters. The molecule has 0 aliphatic carbocycles. The molecule has 0 amide bonds. The third kappa shape index (κ3) is 4.59. The smallest absolute Gasteiger partial charge is 0.185 e. The van der Waals surface area contributed by atoms with Gasteiger partial charge in [-0.05, 0) is 12.5 Å². The van der Waals surface area contributed by atoms with Crippen LogP contribution in [0.2, 0.25) is 0 Å². The lowest BCUT2D eigenvalue weighted by Crippen LogP contribution is -2.21. The van der Waals surface area contributed by atoms with E-state index < -0.39 is 5.97 Å². The van der Waals surface area contributed by atoms with Crippen molar-refractivity contribution >= 4 is 40.3 Å². The number of hydrogen-bond acceptors (Lipinski definition) is 6. The molecule has 0 spiro atoms. The third-order valence-corrected chi connectivity index (χ3v) is 3.26. The second kappa shape index (κ2) is 6.44. The topological polar surface area (TPSA) is 70.1 Å². The summed E-state index contributed by atoms with van der Waals surface area (Å²) in [6.45, 7) is 1.53. The van der Waals surface area contributed by atoms with Gasteiger partial charge in [-0.3, -0.25) is 4.79 Å². The second-order valence-corrected chi connectivity index (χ2v) is 5.03. The van der Waals surface area contributed by atoms with Crippen molar-refractivity contribution in [3.8, 4) is 0 Å². The molecule has 0 atom stereocenters. The van der Waals surface area contributed by atoms with Gasteiger partial charge in [0, 0.05) is 18.1 Å². The molecule has 0 aliphatic heterocycles. The van der Waals surface area contributed by atoms with Gasteiger partial charge in [0.15, 0.2) is 5.12 Å². The maximum Gasteiger partial charge on any atom is 0.185 e. The van der Waals surface area contributed by atoms with Crippen molar-refractivity contribution in [2.75, 3.05) is 5.75 Å². The number of carboxylic acids is 1. The molecular formula is C10H10NO3S2-. The molecule has 6 heteroatoms. The van der Waals surface area contributed by atoms with Crippen molar-refractivity contribution < 1.29 is 14.7 Å². The molecule has 0 N–H and O–H groups in total. The van der Waals surface area contributed by atoms with Crippen LogP contribution in [0, 0.1) is 0 Å². The van der Waals surface area contributed by atoms with Crippen molar-refractivity contribution in [3.05, 3.63) is 22.2 Å². The number of carbonyl (C=O) groups is 2. The highest BCUT2D eigenvalue weighted by Crippen LogP contribution is 2.11. The molecule has 86 valence electrons. The van der Waals surface area contributed by atoms with E-state index in [1.807, 2.05) is 6.08 Å². The number of nitrogens with zero attached hydrogens (tertiary/aromatic N) is 1. The summed E-state index contributed by atoms with van der Waals surface area (Å²) in [6.07, 6.45) is 4.36. The Morgan fingerprint density at radius 1 is 1.62 bits per heavy atom. The van der Waals surface area contributed by atoms with Crippen LogP contribution in [0.25, 0.3) is 6.08 Å².